The van der Waals surface area contributed by atoms with E-state index < -0.39 is 0 Å². The number of benzene rings is 2. The molecule has 1 atom stereocenters. The lowest BCUT2D eigenvalue weighted by Crippen LogP contribution is -2.27. The van der Waals surface area contributed by atoms with E-state index in [9.17, 15) is 0 Å². The molecule has 0 spiro atoms. The highest BCUT2D eigenvalue weighted by Gasteiger charge is 2.31. The molecular weight excluding hydrogens is 222 g/mol. The highest BCUT2D eigenvalue weighted by molar-refractivity contribution is 5.85. The first kappa shape index (κ1) is 11.5. The Hall–Kier alpha value is -1.54. The standard InChI is InChI=1S/C16H19NO/c1-18-11-16(13-6-7-13)17-15-9-8-12-4-2-3-5-14(12)10-15/h2-5,8-10,13,16-17H,6-7,11H2,1H3. The number of hydrogen-bond acceptors (Lipinski definition) is 2. The van der Waals surface area contributed by atoms with E-state index >= 15 is 0 Å². The Bertz CT molecular complexity index is 533. The Morgan fingerprint density at radius 3 is 2.67 bits per heavy atom. The van der Waals surface area contributed by atoms with Crippen LogP contribution < -0.4 is 5.32 Å². The van der Waals surface area contributed by atoms with E-state index in [4.69, 9.17) is 4.74 Å². The molecule has 2 aromatic rings. The molecule has 0 aromatic heterocycles. The number of methoxy groups -OCH3 is 1. The minimum atomic E-state index is 0.455. The number of ether oxygens (including phenoxy) is 1. The highest BCUT2D eigenvalue weighted by Crippen LogP contribution is 2.34. The van der Waals surface area contributed by atoms with Gasteiger partial charge in [-0.25, -0.2) is 0 Å². The minimum Gasteiger partial charge on any atom is -0.383 e. The number of nitrogens with one attached hydrogen (secondary N) is 1. The van der Waals surface area contributed by atoms with E-state index in [1.54, 1.807) is 7.11 Å². The maximum absolute atomic E-state index is 5.30. The van der Waals surface area contributed by atoms with Crippen LogP contribution in [0, 0.1) is 5.92 Å². The van der Waals surface area contributed by atoms with Crippen LogP contribution in [0.3, 0.4) is 0 Å². The first-order valence-corrected chi connectivity index (χ1v) is 6.61. The molecule has 1 unspecified atom stereocenters. The third-order valence-electron chi connectivity index (χ3n) is 3.64. The molecule has 18 heavy (non-hydrogen) atoms. The average molecular weight is 241 g/mol. The molecule has 94 valence electrons. The molecule has 1 fully saturated rings. The van der Waals surface area contributed by atoms with Crippen LogP contribution in [0.2, 0.25) is 0 Å². The molecule has 2 heteroatoms. The van der Waals surface area contributed by atoms with E-state index in [0.29, 0.717) is 6.04 Å². The second-order valence-corrected chi connectivity index (χ2v) is 5.11. The molecule has 0 bridgehead atoms. The summed E-state index contributed by atoms with van der Waals surface area (Å²) in [5.41, 5.74) is 1.20. The summed E-state index contributed by atoms with van der Waals surface area (Å²) in [4.78, 5) is 0. The van der Waals surface area contributed by atoms with E-state index in [-0.39, 0.29) is 0 Å². The quantitative estimate of drug-likeness (QED) is 0.862. The van der Waals surface area contributed by atoms with Crippen LogP contribution in [0.5, 0.6) is 0 Å². The predicted molar refractivity (Wildman–Crippen MR) is 76.0 cm³/mol. The fraction of sp³-hybridized carbons (Fsp3) is 0.375. The summed E-state index contributed by atoms with van der Waals surface area (Å²) in [6.07, 6.45) is 2.66. The number of anilines is 1. The van der Waals surface area contributed by atoms with Crippen LogP contribution in [-0.4, -0.2) is 19.8 Å². The second-order valence-electron chi connectivity index (χ2n) is 5.11. The van der Waals surface area contributed by atoms with Crippen molar-refractivity contribution < 1.29 is 4.74 Å². The zero-order valence-electron chi connectivity index (χ0n) is 10.7. The van der Waals surface area contributed by atoms with Crippen molar-refractivity contribution in [1.29, 1.82) is 0 Å². The molecule has 0 saturated heterocycles. The van der Waals surface area contributed by atoms with E-state index in [1.165, 1.54) is 29.3 Å². The summed E-state index contributed by atoms with van der Waals surface area (Å²) >= 11 is 0. The largest absolute Gasteiger partial charge is 0.383 e. The molecule has 0 aliphatic heterocycles. The molecule has 1 saturated carbocycles. The Balaban J connectivity index is 1.80. The topological polar surface area (TPSA) is 21.3 Å². The van der Waals surface area contributed by atoms with Gasteiger partial charge in [0.05, 0.1) is 12.6 Å². The average Bonchev–Trinajstić information content (AvgIpc) is 3.22. The first-order chi connectivity index (χ1) is 8.86. The van der Waals surface area contributed by atoms with E-state index in [1.807, 2.05) is 0 Å². The van der Waals surface area contributed by atoms with Gasteiger partial charge in [-0.1, -0.05) is 30.3 Å². The van der Waals surface area contributed by atoms with Crippen LogP contribution >= 0.6 is 0 Å². The number of rotatable bonds is 5. The summed E-state index contributed by atoms with van der Waals surface area (Å²) in [7, 11) is 1.78. The molecule has 0 radical (unpaired) electrons. The van der Waals surface area contributed by atoms with Gasteiger partial charge in [-0.3, -0.25) is 0 Å². The molecule has 1 aliphatic rings. The van der Waals surface area contributed by atoms with Gasteiger partial charge in [0.1, 0.15) is 0 Å². The summed E-state index contributed by atoms with van der Waals surface area (Å²) < 4.78 is 5.30. The zero-order valence-corrected chi connectivity index (χ0v) is 10.7. The maximum Gasteiger partial charge on any atom is 0.0666 e. The molecular formula is C16H19NO. The van der Waals surface area contributed by atoms with Crippen molar-refractivity contribution in [3.63, 3.8) is 0 Å². The molecule has 2 nitrogen and oxygen atoms in total. The third-order valence-corrected chi connectivity index (χ3v) is 3.64. The second kappa shape index (κ2) is 4.99. The summed E-state index contributed by atoms with van der Waals surface area (Å²) in [6, 6.07) is 15.5. The van der Waals surface area contributed by atoms with E-state index in [0.717, 1.165) is 12.5 Å². The summed E-state index contributed by atoms with van der Waals surface area (Å²) in [6.45, 7) is 0.789. The van der Waals surface area contributed by atoms with Gasteiger partial charge in [-0.05, 0) is 41.7 Å². The zero-order chi connectivity index (χ0) is 12.4. The van der Waals surface area contributed by atoms with Crippen LogP contribution in [0.25, 0.3) is 10.8 Å². The normalized spacial score (nSPS) is 16.7. The first-order valence-electron chi connectivity index (χ1n) is 6.61. The third kappa shape index (κ3) is 2.49. The Labute approximate surface area is 108 Å². The predicted octanol–water partition coefficient (Wildman–Crippen LogP) is 3.68. The molecule has 1 N–H and O–H groups in total. The van der Waals surface area contributed by atoms with Crippen LogP contribution in [-0.2, 0) is 4.74 Å². The van der Waals surface area contributed by atoms with Crippen LogP contribution in [0.15, 0.2) is 42.5 Å². The highest BCUT2D eigenvalue weighted by atomic mass is 16.5. The van der Waals surface area contributed by atoms with Gasteiger partial charge in [-0.2, -0.15) is 0 Å². The Morgan fingerprint density at radius 2 is 1.94 bits per heavy atom. The summed E-state index contributed by atoms with van der Waals surface area (Å²) in [5, 5.41) is 6.19. The van der Waals surface area contributed by atoms with Crippen molar-refractivity contribution in [2.45, 2.75) is 18.9 Å². The van der Waals surface area contributed by atoms with Crippen molar-refractivity contribution in [2.24, 2.45) is 5.92 Å². The van der Waals surface area contributed by atoms with Crippen molar-refractivity contribution in [3.05, 3.63) is 42.5 Å². The fourth-order valence-corrected chi connectivity index (χ4v) is 2.47. The lowest BCUT2D eigenvalue weighted by atomic mass is 10.1. The monoisotopic (exact) mass is 241 g/mol. The Morgan fingerprint density at radius 1 is 1.17 bits per heavy atom. The van der Waals surface area contributed by atoms with E-state index in [2.05, 4.69) is 47.8 Å². The molecule has 0 amide bonds. The lowest BCUT2D eigenvalue weighted by molar-refractivity contribution is 0.179. The van der Waals surface area contributed by atoms with Crippen molar-refractivity contribution >= 4 is 16.5 Å². The van der Waals surface area contributed by atoms with Gasteiger partial charge in [0.2, 0.25) is 0 Å². The van der Waals surface area contributed by atoms with Crippen molar-refractivity contribution in [2.75, 3.05) is 19.0 Å². The van der Waals surface area contributed by atoms with Crippen molar-refractivity contribution in [1.82, 2.24) is 0 Å². The number of fused-ring (bicyclic) bond motifs is 1. The SMILES string of the molecule is COCC(Nc1ccc2ccccc2c1)C1CC1. The maximum atomic E-state index is 5.30. The minimum absolute atomic E-state index is 0.455. The molecule has 1 aliphatic carbocycles. The number of hydrogen-bond donors (Lipinski definition) is 1. The molecule has 0 heterocycles. The van der Waals surface area contributed by atoms with Gasteiger partial charge < -0.3 is 10.1 Å². The lowest BCUT2D eigenvalue weighted by Gasteiger charge is -2.19. The van der Waals surface area contributed by atoms with Gasteiger partial charge in [-0.15, -0.1) is 0 Å². The van der Waals surface area contributed by atoms with Gasteiger partial charge in [0.15, 0.2) is 0 Å². The van der Waals surface area contributed by atoms with Crippen LogP contribution in [0.1, 0.15) is 12.8 Å². The van der Waals surface area contributed by atoms with Gasteiger partial charge >= 0.3 is 0 Å². The smallest absolute Gasteiger partial charge is 0.0666 e. The van der Waals surface area contributed by atoms with Crippen molar-refractivity contribution in [3.8, 4) is 0 Å². The fourth-order valence-electron chi connectivity index (χ4n) is 2.47. The molecule has 2 aromatic carbocycles. The Kier molecular flexibility index (Phi) is 3.20. The summed E-state index contributed by atoms with van der Waals surface area (Å²) in [5.74, 6) is 0.788. The molecule has 3 rings (SSSR count). The van der Waals surface area contributed by atoms with Gasteiger partial charge in [0.25, 0.3) is 0 Å². The van der Waals surface area contributed by atoms with Crippen LogP contribution in [0.4, 0.5) is 5.69 Å². The van der Waals surface area contributed by atoms with Gasteiger partial charge in [0, 0.05) is 12.8 Å².